The Kier molecular flexibility index (Phi) is 6.07. The molecular formula is C20H25F3N2O2. The summed E-state index contributed by atoms with van der Waals surface area (Å²) >= 11 is 0. The van der Waals surface area contributed by atoms with Gasteiger partial charge in [0.1, 0.15) is 0 Å². The molecule has 7 heteroatoms. The summed E-state index contributed by atoms with van der Waals surface area (Å²) in [6.07, 6.45) is 1.04. The normalized spacial score (nSPS) is 23.7. The molecule has 1 N–H and O–H groups in total. The lowest BCUT2D eigenvalue weighted by atomic mass is 9.80. The lowest BCUT2D eigenvalue weighted by Crippen LogP contribution is -2.41. The molecule has 0 radical (unpaired) electrons. The molecule has 0 unspecified atom stereocenters. The molecule has 1 saturated carbocycles. The quantitative estimate of drug-likeness (QED) is 0.839. The van der Waals surface area contributed by atoms with Crippen LogP contribution in [0.2, 0.25) is 0 Å². The zero-order chi connectivity index (χ0) is 19.4. The van der Waals surface area contributed by atoms with Crippen LogP contribution in [0, 0.1) is 11.8 Å². The molecular weight excluding hydrogens is 357 g/mol. The summed E-state index contributed by atoms with van der Waals surface area (Å²) in [6.45, 7) is 1.63. The fourth-order valence-electron chi connectivity index (χ4n) is 4.05. The number of anilines is 1. The van der Waals surface area contributed by atoms with E-state index in [-0.39, 0.29) is 23.4 Å². The van der Waals surface area contributed by atoms with Gasteiger partial charge in [-0.15, -0.1) is 0 Å². The van der Waals surface area contributed by atoms with E-state index in [0.717, 1.165) is 38.4 Å². The highest BCUT2D eigenvalue weighted by atomic mass is 19.4. The number of nitrogens with zero attached hydrogens (tertiary/aromatic N) is 1. The van der Waals surface area contributed by atoms with Crippen molar-refractivity contribution in [3.8, 4) is 0 Å². The smallest absolute Gasteiger partial charge is 0.342 e. The van der Waals surface area contributed by atoms with Crippen molar-refractivity contribution in [2.75, 3.05) is 18.4 Å². The summed E-state index contributed by atoms with van der Waals surface area (Å²) in [5, 5.41) is 2.44. The molecule has 0 spiro atoms. The van der Waals surface area contributed by atoms with Crippen LogP contribution in [0.25, 0.3) is 0 Å². The van der Waals surface area contributed by atoms with Crippen LogP contribution in [0.1, 0.15) is 50.5 Å². The summed E-state index contributed by atoms with van der Waals surface area (Å²) in [4.78, 5) is 27.0. The maximum atomic E-state index is 13.1. The fourth-order valence-corrected chi connectivity index (χ4v) is 4.05. The lowest BCUT2D eigenvalue weighted by molar-refractivity contribution is -0.139. The highest BCUT2D eigenvalue weighted by Gasteiger charge is 2.35. The molecule has 4 nitrogen and oxygen atoms in total. The third-order valence-electron chi connectivity index (χ3n) is 5.61. The first-order valence-corrected chi connectivity index (χ1v) is 9.62. The predicted octanol–water partition coefficient (Wildman–Crippen LogP) is 4.46. The van der Waals surface area contributed by atoms with E-state index >= 15 is 0 Å². The highest BCUT2D eigenvalue weighted by Crippen LogP contribution is 2.36. The average Bonchev–Trinajstić information content (AvgIpc) is 2.68. The summed E-state index contributed by atoms with van der Waals surface area (Å²) in [5.41, 5.74) is -1.05. The molecule has 3 rings (SSSR count). The van der Waals surface area contributed by atoms with Gasteiger partial charge in [-0.1, -0.05) is 12.1 Å². The molecule has 1 aliphatic carbocycles. The Bertz CT molecular complexity index is 676. The number of hydrogen-bond acceptors (Lipinski definition) is 2. The van der Waals surface area contributed by atoms with Gasteiger partial charge in [-0.05, 0) is 57.1 Å². The molecule has 148 valence electrons. The van der Waals surface area contributed by atoms with Crippen molar-refractivity contribution in [3.05, 3.63) is 29.8 Å². The Balaban J connectivity index is 1.55. The van der Waals surface area contributed by atoms with Crippen molar-refractivity contribution in [1.82, 2.24) is 4.90 Å². The number of halogens is 3. The third-order valence-corrected chi connectivity index (χ3v) is 5.61. The first-order valence-electron chi connectivity index (χ1n) is 9.62. The molecule has 27 heavy (non-hydrogen) atoms. The number of rotatable bonds is 3. The minimum Gasteiger partial charge on any atom is -0.342 e. The van der Waals surface area contributed by atoms with E-state index in [1.807, 2.05) is 4.90 Å². The second-order valence-electron chi connectivity index (χ2n) is 7.47. The number of piperidine rings is 1. The number of benzene rings is 1. The maximum Gasteiger partial charge on any atom is 0.418 e. The number of carbonyl (C=O) groups is 2. The van der Waals surface area contributed by atoms with E-state index in [1.165, 1.54) is 18.2 Å². The molecule has 0 aromatic heterocycles. The topological polar surface area (TPSA) is 49.4 Å². The van der Waals surface area contributed by atoms with Crippen LogP contribution in [0.4, 0.5) is 18.9 Å². The number of likely N-dealkylation sites (tertiary alicyclic amines) is 1. The SMILES string of the molecule is O=C(Nc1ccccc1C(F)(F)F)C1CCC(C(=O)N2CCCCC2)CC1. The molecule has 0 atom stereocenters. The van der Waals surface area contributed by atoms with E-state index in [2.05, 4.69) is 5.32 Å². The summed E-state index contributed by atoms with van der Waals surface area (Å²) < 4.78 is 39.2. The number of nitrogens with one attached hydrogen (secondary N) is 1. The van der Waals surface area contributed by atoms with Gasteiger partial charge >= 0.3 is 6.18 Å². The number of alkyl halides is 3. The summed E-state index contributed by atoms with van der Waals surface area (Å²) in [5.74, 6) is -0.627. The minimum absolute atomic E-state index is 0.0605. The zero-order valence-electron chi connectivity index (χ0n) is 15.2. The summed E-state index contributed by atoms with van der Waals surface area (Å²) in [7, 11) is 0. The van der Waals surface area contributed by atoms with Crippen LogP contribution in [0.15, 0.2) is 24.3 Å². The molecule has 0 bridgehead atoms. The molecule has 1 heterocycles. The van der Waals surface area contributed by atoms with Crippen LogP contribution in [-0.4, -0.2) is 29.8 Å². The fraction of sp³-hybridized carbons (Fsp3) is 0.600. The third kappa shape index (κ3) is 4.82. The van der Waals surface area contributed by atoms with Gasteiger partial charge in [0, 0.05) is 24.9 Å². The highest BCUT2D eigenvalue weighted by molar-refractivity contribution is 5.93. The van der Waals surface area contributed by atoms with E-state index in [4.69, 9.17) is 0 Å². The van der Waals surface area contributed by atoms with Crippen LogP contribution in [0.5, 0.6) is 0 Å². The molecule has 2 fully saturated rings. The first-order chi connectivity index (χ1) is 12.9. The largest absolute Gasteiger partial charge is 0.418 e. The van der Waals surface area contributed by atoms with Gasteiger partial charge < -0.3 is 10.2 Å². The van der Waals surface area contributed by atoms with Gasteiger partial charge in [0.05, 0.1) is 11.3 Å². The van der Waals surface area contributed by atoms with Crippen molar-refractivity contribution in [3.63, 3.8) is 0 Å². The predicted molar refractivity (Wildman–Crippen MR) is 96.0 cm³/mol. The van der Waals surface area contributed by atoms with Crippen LogP contribution in [-0.2, 0) is 15.8 Å². The molecule has 1 aromatic rings. The molecule has 1 saturated heterocycles. The summed E-state index contributed by atoms with van der Waals surface area (Å²) in [6, 6.07) is 5.00. The van der Waals surface area contributed by atoms with Gasteiger partial charge in [-0.2, -0.15) is 13.2 Å². The number of hydrogen-bond donors (Lipinski definition) is 1. The Morgan fingerprint density at radius 1 is 0.926 bits per heavy atom. The molecule has 1 aliphatic heterocycles. The van der Waals surface area contributed by atoms with E-state index in [1.54, 1.807) is 0 Å². The van der Waals surface area contributed by atoms with Crippen molar-refractivity contribution >= 4 is 17.5 Å². The molecule has 1 aromatic carbocycles. The van der Waals surface area contributed by atoms with Crippen LogP contribution < -0.4 is 5.32 Å². The second kappa shape index (κ2) is 8.31. The zero-order valence-corrected chi connectivity index (χ0v) is 15.2. The Hall–Kier alpha value is -2.05. The number of carbonyl (C=O) groups excluding carboxylic acids is 2. The van der Waals surface area contributed by atoms with Gasteiger partial charge in [0.15, 0.2) is 0 Å². The second-order valence-corrected chi connectivity index (χ2v) is 7.47. The van der Waals surface area contributed by atoms with Gasteiger partial charge in [0.2, 0.25) is 11.8 Å². The van der Waals surface area contributed by atoms with Crippen molar-refractivity contribution in [2.24, 2.45) is 11.8 Å². The average molecular weight is 382 g/mol. The van der Waals surface area contributed by atoms with E-state index in [0.29, 0.717) is 25.7 Å². The standard InChI is InChI=1S/C20H25F3N2O2/c21-20(22,23)16-6-2-3-7-17(16)24-18(26)14-8-10-15(11-9-14)19(27)25-12-4-1-5-13-25/h2-3,6-7,14-15H,1,4-5,8-13H2,(H,24,26). The Labute approximate surface area is 157 Å². The van der Waals surface area contributed by atoms with E-state index in [9.17, 15) is 22.8 Å². The van der Waals surface area contributed by atoms with E-state index < -0.39 is 17.6 Å². The molecule has 2 amide bonds. The number of amides is 2. The van der Waals surface area contributed by atoms with Crippen molar-refractivity contribution in [2.45, 2.75) is 51.1 Å². The number of para-hydroxylation sites is 1. The lowest BCUT2D eigenvalue weighted by Gasteiger charge is -2.33. The Morgan fingerprint density at radius 2 is 1.52 bits per heavy atom. The monoisotopic (exact) mass is 382 g/mol. The van der Waals surface area contributed by atoms with Crippen molar-refractivity contribution < 1.29 is 22.8 Å². The molecule has 2 aliphatic rings. The van der Waals surface area contributed by atoms with Gasteiger partial charge in [0.25, 0.3) is 0 Å². The van der Waals surface area contributed by atoms with Gasteiger partial charge in [-0.3, -0.25) is 9.59 Å². The van der Waals surface area contributed by atoms with Gasteiger partial charge in [-0.25, -0.2) is 0 Å². The van der Waals surface area contributed by atoms with Crippen LogP contribution in [0.3, 0.4) is 0 Å². The van der Waals surface area contributed by atoms with Crippen LogP contribution >= 0.6 is 0 Å². The first kappa shape index (κ1) is 19.7. The Morgan fingerprint density at radius 3 is 2.15 bits per heavy atom. The minimum atomic E-state index is -4.51. The van der Waals surface area contributed by atoms with Crippen molar-refractivity contribution in [1.29, 1.82) is 0 Å². The maximum absolute atomic E-state index is 13.1.